The third-order valence-electron chi connectivity index (χ3n) is 2.44. The van der Waals surface area contributed by atoms with Crippen LogP contribution in [-0.2, 0) is 13.5 Å². The molecule has 2 rings (SSSR count). The highest BCUT2D eigenvalue weighted by atomic mass is 16.1. The van der Waals surface area contributed by atoms with Crippen LogP contribution in [0.25, 0.3) is 0 Å². The molecule has 0 atom stereocenters. The standard InChI is InChI=1S/C10H13NO/c1-11-6-8-4-2-3-5-10(12)9(8)7-11/h6-7H,2-5H2,1H3. The maximum atomic E-state index is 11.5. The van der Waals surface area contributed by atoms with Gasteiger partial charge in [0.05, 0.1) is 0 Å². The Bertz CT molecular complexity index is 312. The summed E-state index contributed by atoms with van der Waals surface area (Å²) >= 11 is 0. The fraction of sp³-hybridized carbons (Fsp3) is 0.500. The molecule has 0 fully saturated rings. The van der Waals surface area contributed by atoms with E-state index in [9.17, 15) is 4.79 Å². The van der Waals surface area contributed by atoms with Gasteiger partial charge in [-0.05, 0) is 24.8 Å². The van der Waals surface area contributed by atoms with Crippen LogP contribution in [0, 0.1) is 0 Å². The second kappa shape index (κ2) is 2.77. The zero-order chi connectivity index (χ0) is 8.55. The number of hydrogen-bond donors (Lipinski definition) is 0. The van der Waals surface area contributed by atoms with Gasteiger partial charge in [0, 0.05) is 31.4 Å². The van der Waals surface area contributed by atoms with E-state index in [0.717, 1.165) is 31.2 Å². The van der Waals surface area contributed by atoms with Gasteiger partial charge >= 0.3 is 0 Å². The highest BCUT2D eigenvalue weighted by Crippen LogP contribution is 2.20. The van der Waals surface area contributed by atoms with E-state index >= 15 is 0 Å². The number of nitrogens with zero attached hydrogens (tertiary/aromatic N) is 1. The number of aryl methyl sites for hydroxylation is 2. The van der Waals surface area contributed by atoms with Crippen molar-refractivity contribution in [2.45, 2.75) is 25.7 Å². The minimum Gasteiger partial charge on any atom is -0.356 e. The van der Waals surface area contributed by atoms with Crippen LogP contribution in [0.4, 0.5) is 0 Å². The van der Waals surface area contributed by atoms with Crippen molar-refractivity contribution >= 4 is 5.78 Å². The Labute approximate surface area is 72.2 Å². The minimum atomic E-state index is 0.322. The quantitative estimate of drug-likeness (QED) is 0.536. The number of ketones is 1. The number of fused-ring (bicyclic) bond motifs is 1. The van der Waals surface area contributed by atoms with E-state index in [1.54, 1.807) is 0 Å². The molecule has 2 heteroatoms. The summed E-state index contributed by atoms with van der Waals surface area (Å²) in [4.78, 5) is 11.5. The average molecular weight is 163 g/mol. The van der Waals surface area contributed by atoms with Crippen molar-refractivity contribution in [2.24, 2.45) is 7.05 Å². The maximum absolute atomic E-state index is 11.5. The molecule has 64 valence electrons. The first-order valence-electron chi connectivity index (χ1n) is 4.45. The Morgan fingerprint density at radius 3 is 2.83 bits per heavy atom. The zero-order valence-corrected chi connectivity index (χ0v) is 7.34. The van der Waals surface area contributed by atoms with E-state index in [1.807, 2.05) is 17.8 Å². The zero-order valence-electron chi connectivity index (χ0n) is 7.34. The monoisotopic (exact) mass is 163 g/mol. The van der Waals surface area contributed by atoms with Gasteiger partial charge in [-0.3, -0.25) is 4.79 Å². The number of carbonyl (C=O) groups is 1. The second-order valence-corrected chi connectivity index (χ2v) is 3.49. The van der Waals surface area contributed by atoms with E-state index < -0.39 is 0 Å². The molecule has 0 unspecified atom stereocenters. The molecular formula is C10H13NO. The predicted octanol–water partition coefficient (Wildman–Crippen LogP) is 1.93. The molecule has 0 saturated heterocycles. The van der Waals surface area contributed by atoms with Crippen LogP contribution in [0.5, 0.6) is 0 Å². The normalized spacial score (nSPS) is 17.2. The Morgan fingerprint density at radius 2 is 2.00 bits per heavy atom. The Balaban J connectivity index is 2.44. The maximum Gasteiger partial charge on any atom is 0.164 e. The van der Waals surface area contributed by atoms with Crippen LogP contribution >= 0.6 is 0 Å². The highest BCUT2D eigenvalue weighted by molar-refractivity contribution is 5.97. The highest BCUT2D eigenvalue weighted by Gasteiger charge is 2.16. The van der Waals surface area contributed by atoms with Crippen LogP contribution in [-0.4, -0.2) is 10.4 Å². The second-order valence-electron chi connectivity index (χ2n) is 3.49. The SMILES string of the molecule is Cn1cc2c(c1)C(=O)CCCC2. The minimum absolute atomic E-state index is 0.322. The third-order valence-corrected chi connectivity index (χ3v) is 2.44. The van der Waals surface area contributed by atoms with Gasteiger partial charge in [0.15, 0.2) is 5.78 Å². The molecule has 1 heterocycles. The van der Waals surface area contributed by atoms with Crippen molar-refractivity contribution in [1.29, 1.82) is 0 Å². The molecule has 1 aromatic rings. The first kappa shape index (κ1) is 7.59. The molecule has 1 aliphatic carbocycles. The van der Waals surface area contributed by atoms with E-state index in [4.69, 9.17) is 0 Å². The van der Waals surface area contributed by atoms with Crippen molar-refractivity contribution in [3.05, 3.63) is 23.5 Å². The number of aromatic nitrogens is 1. The molecular weight excluding hydrogens is 150 g/mol. The number of rotatable bonds is 0. The summed E-state index contributed by atoms with van der Waals surface area (Å²) < 4.78 is 1.98. The van der Waals surface area contributed by atoms with Gasteiger partial charge in [0.1, 0.15) is 0 Å². The molecule has 0 aromatic carbocycles. The lowest BCUT2D eigenvalue weighted by Crippen LogP contribution is -1.96. The van der Waals surface area contributed by atoms with Crippen molar-refractivity contribution in [1.82, 2.24) is 4.57 Å². The van der Waals surface area contributed by atoms with Crippen LogP contribution in [0.3, 0.4) is 0 Å². The number of carbonyl (C=O) groups excluding carboxylic acids is 1. The molecule has 0 radical (unpaired) electrons. The first-order chi connectivity index (χ1) is 5.77. The third kappa shape index (κ3) is 1.17. The lowest BCUT2D eigenvalue weighted by Gasteiger charge is -1.92. The number of Topliss-reactive ketones (excluding diaryl/α,β-unsaturated/α-hetero) is 1. The Kier molecular flexibility index (Phi) is 1.75. The Hall–Kier alpha value is -1.05. The largest absolute Gasteiger partial charge is 0.356 e. The fourth-order valence-electron chi connectivity index (χ4n) is 1.83. The van der Waals surface area contributed by atoms with Gasteiger partial charge in [-0.25, -0.2) is 0 Å². The summed E-state index contributed by atoms with van der Waals surface area (Å²) in [7, 11) is 1.97. The van der Waals surface area contributed by atoms with E-state index in [0.29, 0.717) is 5.78 Å². The smallest absolute Gasteiger partial charge is 0.164 e. The van der Waals surface area contributed by atoms with E-state index in [2.05, 4.69) is 6.20 Å². The van der Waals surface area contributed by atoms with Crippen molar-refractivity contribution in [3.63, 3.8) is 0 Å². The van der Waals surface area contributed by atoms with Crippen molar-refractivity contribution in [2.75, 3.05) is 0 Å². The van der Waals surface area contributed by atoms with Crippen LogP contribution in [0.2, 0.25) is 0 Å². The topological polar surface area (TPSA) is 22.0 Å². The van der Waals surface area contributed by atoms with Gasteiger partial charge < -0.3 is 4.57 Å². The molecule has 1 aliphatic rings. The average Bonchev–Trinajstić information content (AvgIpc) is 2.33. The van der Waals surface area contributed by atoms with Crippen LogP contribution < -0.4 is 0 Å². The van der Waals surface area contributed by atoms with Crippen molar-refractivity contribution in [3.8, 4) is 0 Å². The van der Waals surface area contributed by atoms with E-state index in [-0.39, 0.29) is 0 Å². The van der Waals surface area contributed by atoms with Crippen LogP contribution in [0.1, 0.15) is 35.2 Å². The number of hydrogen-bond acceptors (Lipinski definition) is 1. The predicted molar refractivity (Wildman–Crippen MR) is 47.3 cm³/mol. The summed E-state index contributed by atoms with van der Waals surface area (Å²) in [6.45, 7) is 0. The Morgan fingerprint density at radius 1 is 1.25 bits per heavy atom. The summed E-state index contributed by atoms with van der Waals surface area (Å²) in [5.41, 5.74) is 2.19. The molecule has 0 saturated carbocycles. The molecule has 0 spiro atoms. The molecule has 0 aliphatic heterocycles. The molecule has 12 heavy (non-hydrogen) atoms. The summed E-state index contributed by atoms with van der Waals surface area (Å²) in [6, 6.07) is 0. The fourth-order valence-corrected chi connectivity index (χ4v) is 1.83. The first-order valence-corrected chi connectivity index (χ1v) is 4.45. The van der Waals surface area contributed by atoms with E-state index in [1.165, 1.54) is 5.56 Å². The molecule has 0 amide bonds. The molecule has 0 N–H and O–H groups in total. The van der Waals surface area contributed by atoms with Gasteiger partial charge in [-0.1, -0.05) is 0 Å². The summed E-state index contributed by atoms with van der Waals surface area (Å²) in [6.07, 6.45) is 8.03. The summed E-state index contributed by atoms with van der Waals surface area (Å²) in [5.74, 6) is 0.322. The molecule has 0 bridgehead atoms. The summed E-state index contributed by atoms with van der Waals surface area (Å²) in [5, 5.41) is 0. The lowest BCUT2D eigenvalue weighted by atomic mass is 10.1. The van der Waals surface area contributed by atoms with Crippen molar-refractivity contribution < 1.29 is 4.79 Å². The van der Waals surface area contributed by atoms with Gasteiger partial charge in [-0.15, -0.1) is 0 Å². The molecule has 1 aromatic heterocycles. The molecule has 2 nitrogen and oxygen atoms in total. The van der Waals surface area contributed by atoms with Gasteiger partial charge in [0.2, 0.25) is 0 Å². The van der Waals surface area contributed by atoms with Gasteiger partial charge in [0.25, 0.3) is 0 Å². The van der Waals surface area contributed by atoms with Gasteiger partial charge in [-0.2, -0.15) is 0 Å². The lowest BCUT2D eigenvalue weighted by molar-refractivity contribution is 0.0982. The van der Waals surface area contributed by atoms with Crippen LogP contribution in [0.15, 0.2) is 12.4 Å².